The summed E-state index contributed by atoms with van der Waals surface area (Å²) < 4.78 is 25.2. The van der Waals surface area contributed by atoms with Crippen LogP contribution in [0.1, 0.15) is 34.5 Å². The highest BCUT2D eigenvalue weighted by atomic mass is 16.5. The van der Waals surface area contributed by atoms with Crippen molar-refractivity contribution in [1.29, 1.82) is 0 Å². The molecule has 2 heterocycles. The number of aryl methyl sites for hydroxylation is 1. The van der Waals surface area contributed by atoms with Crippen LogP contribution >= 0.6 is 0 Å². The zero-order valence-electron chi connectivity index (χ0n) is 27.4. The average Bonchev–Trinajstić information content (AvgIpc) is 3.60. The Kier molecular flexibility index (Phi) is 11.5. The van der Waals surface area contributed by atoms with Gasteiger partial charge in [0.2, 0.25) is 0 Å². The molecule has 0 aliphatic heterocycles. The van der Waals surface area contributed by atoms with E-state index in [2.05, 4.69) is 10.3 Å². The number of carbonyl (C=O) groups excluding carboxylic acids is 1. The molecule has 0 aliphatic rings. The van der Waals surface area contributed by atoms with Crippen molar-refractivity contribution < 1.29 is 28.5 Å². The van der Waals surface area contributed by atoms with Gasteiger partial charge in [-0.15, -0.1) is 5.10 Å². The van der Waals surface area contributed by atoms with E-state index in [0.717, 1.165) is 41.8 Å². The molecule has 10 heteroatoms. The topological polar surface area (TPSA) is 126 Å². The van der Waals surface area contributed by atoms with Crippen LogP contribution in [0.3, 0.4) is 0 Å². The van der Waals surface area contributed by atoms with Crippen molar-refractivity contribution in [2.24, 2.45) is 0 Å². The molecule has 0 spiro atoms. The number of ketones is 1. The predicted molar refractivity (Wildman–Crippen MR) is 191 cm³/mol. The Bertz CT molecular complexity index is 2100. The maximum Gasteiger partial charge on any atom is 0.193 e. The maximum absolute atomic E-state index is 12.6. The molecule has 0 bridgehead atoms. The molecular formula is C40H37N3O7. The molecule has 0 aliphatic carbocycles. The molecule has 0 unspecified atom stereocenters. The third-order valence-corrected chi connectivity index (χ3v) is 7.88. The van der Waals surface area contributed by atoms with Crippen LogP contribution in [-0.2, 0) is 17.7 Å². The summed E-state index contributed by atoms with van der Waals surface area (Å²) in [4.78, 5) is 24.9. The minimum absolute atomic E-state index is 0.0316. The van der Waals surface area contributed by atoms with Gasteiger partial charge in [-0.25, -0.2) is 4.68 Å². The second-order valence-corrected chi connectivity index (χ2v) is 11.5. The van der Waals surface area contributed by atoms with E-state index in [1.165, 1.54) is 18.2 Å². The zero-order chi connectivity index (χ0) is 34.5. The molecule has 6 aromatic rings. The minimum atomic E-state index is -0.256. The number of unbranched alkanes of at least 4 members (excludes halogenated alkanes) is 1. The van der Waals surface area contributed by atoms with Crippen molar-refractivity contribution in [3.8, 4) is 28.6 Å². The van der Waals surface area contributed by atoms with Crippen LogP contribution in [0.25, 0.3) is 28.4 Å². The van der Waals surface area contributed by atoms with Crippen molar-refractivity contribution in [3.05, 3.63) is 142 Å². The van der Waals surface area contributed by atoms with Gasteiger partial charge in [-0.2, -0.15) is 0 Å². The number of phenolic OH excluding ortho intramolecular Hbond substituents is 1. The first-order valence-electron chi connectivity index (χ1n) is 16.5. The van der Waals surface area contributed by atoms with E-state index in [0.29, 0.717) is 55.5 Å². The Morgan fingerprint density at radius 2 is 1.60 bits per heavy atom. The molecular weight excluding hydrogens is 634 g/mol. The number of nitrogens with zero attached hydrogens (tertiary/aromatic N) is 3. The Morgan fingerprint density at radius 1 is 0.820 bits per heavy atom. The van der Waals surface area contributed by atoms with Gasteiger partial charge in [0.05, 0.1) is 43.0 Å². The fraction of sp³-hybridized carbons (Fsp3) is 0.200. The molecule has 0 amide bonds. The van der Waals surface area contributed by atoms with Crippen LogP contribution in [-0.4, -0.2) is 52.3 Å². The highest BCUT2D eigenvalue weighted by molar-refractivity contribution is 6.08. The molecule has 10 nitrogen and oxygen atoms in total. The van der Waals surface area contributed by atoms with E-state index < -0.39 is 0 Å². The number of hydrogen-bond donors (Lipinski definition) is 1. The number of para-hydroxylation sites is 1. The van der Waals surface area contributed by atoms with Crippen LogP contribution in [0.2, 0.25) is 0 Å². The molecule has 0 radical (unpaired) electrons. The van der Waals surface area contributed by atoms with Crippen LogP contribution in [0.15, 0.2) is 125 Å². The van der Waals surface area contributed by atoms with Gasteiger partial charge in [-0.3, -0.25) is 9.59 Å². The fourth-order valence-electron chi connectivity index (χ4n) is 5.23. The standard InChI is InChI=1S/C40H37N3O7/c44-36-12-5-4-11-34(36)37(45)20-15-29-13-16-32(17-14-29)48-22-7-6-10-31-28-43(42-41-31)21-23-47-24-25-49-33-18-19-35-38(46)27-39(50-40(35)26-33)30-8-2-1-3-9-30/h1-5,8-9,11-20,26-28,44H,6-7,10,21-25H2/b20-15+. The molecule has 6 rings (SSSR count). The van der Waals surface area contributed by atoms with Crippen molar-refractivity contribution in [3.63, 3.8) is 0 Å². The number of fused-ring (bicyclic) bond motifs is 1. The Labute approximate surface area is 289 Å². The summed E-state index contributed by atoms with van der Waals surface area (Å²) in [5, 5.41) is 18.8. The molecule has 254 valence electrons. The van der Waals surface area contributed by atoms with E-state index in [9.17, 15) is 14.7 Å². The maximum atomic E-state index is 12.6. The lowest BCUT2D eigenvalue weighted by Crippen LogP contribution is -2.12. The van der Waals surface area contributed by atoms with Gasteiger partial charge in [0.15, 0.2) is 11.2 Å². The lowest BCUT2D eigenvalue weighted by atomic mass is 10.1. The second-order valence-electron chi connectivity index (χ2n) is 11.5. The number of aromatic hydroxyl groups is 1. The molecule has 0 atom stereocenters. The van der Waals surface area contributed by atoms with E-state index in [-0.39, 0.29) is 22.5 Å². The highest BCUT2D eigenvalue weighted by Gasteiger charge is 2.09. The van der Waals surface area contributed by atoms with Gasteiger partial charge in [0.25, 0.3) is 0 Å². The van der Waals surface area contributed by atoms with Crippen LogP contribution < -0.4 is 14.9 Å². The third-order valence-electron chi connectivity index (χ3n) is 7.88. The zero-order valence-corrected chi connectivity index (χ0v) is 27.4. The summed E-state index contributed by atoms with van der Waals surface area (Å²) in [6.07, 6.45) is 7.67. The van der Waals surface area contributed by atoms with E-state index >= 15 is 0 Å². The smallest absolute Gasteiger partial charge is 0.193 e. The van der Waals surface area contributed by atoms with Crippen molar-refractivity contribution in [2.75, 3.05) is 26.4 Å². The number of carbonyl (C=O) groups is 1. The van der Waals surface area contributed by atoms with Crippen LogP contribution in [0.5, 0.6) is 17.2 Å². The second kappa shape index (κ2) is 16.9. The third kappa shape index (κ3) is 9.33. The molecule has 2 aromatic heterocycles. The van der Waals surface area contributed by atoms with E-state index in [1.807, 2.05) is 60.8 Å². The predicted octanol–water partition coefficient (Wildman–Crippen LogP) is 7.15. The molecule has 0 fully saturated rings. The fourth-order valence-corrected chi connectivity index (χ4v) is 5.23. The van der Waals surface area contributed by atoms with Gasteiger partial charge in [-0.1, -0.05) is 65.9 Å². The van der Waals surface area contributed by atoms with E-state index in [4.69, 9.17) is 18.6 Å². The summed E-state index contributed by atoms with van der Waals surface area (Å²) in [7, 11) is 0. The first-order chi connectivity index (χ1) is 24.5. The van der Waals surface area contributed by atoms with Crippen LogP contribution in [0, 0.1) is 0 Å². The number of rotatable bonds is 17. The van der Waals surface area contributed by atoms with Crippen molar-refractivity contribution in [1.82, 2.24) is 15.0 Å². The van der Waals surface area contributed by atoms with Crippen molar-refractivity contribution in [2.45, 2.75) is 25.8 Å². The average molecular weight is 672 g/mol. The Hall–Kier alpha value is -6.00. The molecule has 0 saturated carbocycles. The number of benzene rings is 4. The molecule has 0 saturated heterocycles. The summed E-state index contributed by atoms with van der Waals surface area (Å²) in [6, 6.07) is 30.2. The number of hydrogen-bond acceptors (Lipinski definition) is 9. The first kappa shape index (κ1) is 33.9. The summed E-state index contributed by atoms with van der Waals surface area (Å²) >= 11 is 0. The Morgan fingerprint density at radius 3 is 2.44 bits per heavy atom. The first-order valence-corrected chi connectivity index (χ1v) is 16.5. The number of phenols is 1. The number of ether oxygens (including phenoxy) is 3. The highest BCUT2D eigenvalue weighted by Crippen LogP contribution is 2.25. The van der Waals surface area contributed by atoms with Gasteiger partial charge in [0, 0.05) is 23.9 Å². The lowest BCUT2D eigenvalue weighted by molar-refractivity contribution is 0.0923. The number of allylic oxidation sites excluding steroid dienone is 1. The monoisotopic (exact) mass is 671 g/mol. The van der Waals surface area contributed by atoms with E-state index in [1.54, 1.807) is 47.2 Å². The lowest BCUT2D eigenvalue weighted by Gasteiger charge is -2.08. The summed E-state index contributed by atoms with van der Waals surface area (Å²) in [5.41, 5.74) is 3.26. The van der Waals surface area contributed by atoms with Crippen LogP contribution in [0.4, 0.5) is 0 Å². The van der Waals surface area contributed by atoms with Crippen molar-refractivity contribution >= 4 is 22.8 Å². The minimum Gasteiger partial charge on any atom is -0.507 e. The quantitative estimate of drug-likeness (QED) is 0.0611. The normalized spacial score (nSPS) is 11.3. The summed E-state index contributed by atoms with van der Waals surface area (Å²) in [6.45, 7) is 2.36. The SMILES string of the molecule is O=C(/C=C/c1ccc(OCCCCc2cn(CCOCCOc3ccc4c(=O)cc(-c5ccccc5)oc4c3)nn2)cc1)c1ccccc1O. The van der Waals surface area contributed by atoms with Gasteiger partial charge < -0.3 is 23.7 Å². The molecule has 50 heavy (non-hydrogen) atoms. The summed E-state index contributed by atoms with van der Waals surface area (Å²) in [5.74, 6) is 1.59. The van der Waals surface area contributed by atoms with Gasteiger partial charge in [-0.05, 0) is 67.3 Å². The Balaban J connectivity index is 0.845. The molecule has 1 N–H and O–H groups in total. The number of aromatic nitrogens is 3. The largest absolute Gasteiger partial charge is 0.507 e. The van der Waals surface area contributed by atoms with Gasteiger partial charge in [0.1, 0.15) is 35.2 Å². The molecule has 4 aromatic carbocycles. The van der Waals surface area contributed by atoms with Gasteiger partial charge >= 0.3 is 0 Å².